The van der Waals surface area contributed by atoms with Crippen LogP contribution in [0.4, 0.5) is 0 Å². The van der Waals surface area contributed by atoms with Crippen LogP contribution in [0.25, 0.3) is 0 Å². The zero-order valence-corrected chi connectivity index (χ0v) is 12.1. The van der Waals surface area contributed by atoms with Gasteiger partial charge in [-0.25, -0.2) is 0 Å². The van der Waals surface area contributed by atoms with Gasteiger partial charge in [0, 0.05) is 19.2 Å². The van der Waals surface area contributed by atoms with Crippen LogP contribution in [-0.4, -0.2) is 50.0 Å². The van der Waals surface area contributed by atoms with Crippen LogP contribution in [0.5, 0.6) is 5.75 Å². The first kappa shape index (κ1) is 14.9. The summed E-state index contributed by atoms with van der Waals surface area (Å²) in [5.41, 5.74) is 2.00. The van der Waals surface area contributed by atoms with Crippen molar-refractivity contribution in [3.8, 4) is 17.6 Å². The van der Waals surface area contributed by atoms with Crippen LogP contribution < -0.4 is 4.74 Å². The maximum atomic E-state index is 8.81. The van der Waals surface area contributed by atoms with E-state index in [0.29, 0.717) is 6.04 Å². The Morgan fingerprint density at radius 2 is 2.35 bits per heavy atom. The molecule has 4 heteroatoms. The first-order valence-corrected chi connectivity index (χ1v) is 6.79. The molecule has 1 atom stereocenters. The number of benzene rings is 1. The van der Waals surface area contributed by atoms with Gasteiger partial charge in [0.1, 0.15) is 12.4 Å². The molecule has 1 aromatic carbocycles. The summed E-state index contributed by atoms with van der Waals surface area (Å²) in [5, 5.41) is 8.81. The average molecular weight is 275 g/mol. The lowest BCUT2D eigenvalue weighted by Gasteiger charge is -2.23. The maximum absolute atomic E-state index is 8.81. The van der Waals surface area contributed by atoms with Crippen molar-refractivity contribution in [2.45, 2.75) is 19.0 Å². The summed E-state index contributed by atoms with van der Waals surface area (Å²) >= 11 is 0. The van der Waals surface area contributed by atoms with E-state index >= 15 is 0 Å². The predicted molar refractivity (Wildman–Crippen MR) is 77.6 cm³/mol. The van der Waals surface area contributed by atoms with E-state index in [1.165, 1.54) is 5.56 Å². The van der Waals surface area contributed by atoms with Gasteiger partial charge in [0.2, 0.25) is 0 Å². The Kier molecular flexibility index (Phi) is 5.42. The Hall–Kier alpha value is -1.54. The quantitative estimate of drug-likeness (QED) is 0.840. The van der Waals surface area contributed by atoms with Gasteiger partial charge in [-0.2, -0.15) is 0 Å². The largest absolute Gasteiger partial charge is 0.495 e. The van der Waals surface area contributed by atoms with Crippen LogP contribution in [0, 0.1) is 11.8 Å². The molecular formula is C16H21NO3. The van der Waals surface area contributed by atoms with Gasteiger partial charge in [0.05, 0.1) is 19.3 Å². The Bertz CT molecular complexity index is 498. The monoisotopic (exact) mass is 275 g/mol. The molecule has 1 N–H and O–H groups in total. The van der Waals surface area contributed by atoms with E-state index in [1.807, 2.05) is 12.1 Å². The molecule has 108 valence electrons. The summed E-state index contributed by atoms with van der Waals surface area (Å²) in [5.74, 6) is 6.33. The molecule has 0 aromatic heterocycles. The van der Waals surface area contributed by atoms with Crippen LogP contribution in [0.2, 0.25) is 0 Å². The van der Waals surface area contributed by atoms with Crippen molar-refractivity contribution in [3.05, 3.63) is 29.3 Å². The van der Waals surface area contributed by atoms with Crippen LogP contribution in [-0.2, 0) is 11.3 Å². The molecule has 0 spiro atoms. The van der Waals surface area contributed by atoms with E-state index in [0.717, 1.165) is 37.5 Å². The highest BCUT2D eigenvalue weighted by atomic mass is 16.5. The molecule has 4 nitrogen and oxygen atoms in total. The molecule has 0 bridgehead atoms. The van der Waals surface area contributed by atoms with E-state index in [4.69, 9.17) is 14.6 Å². The Morgan fingerprint density at radius 3 is 3.00 bits per heavy atom. The van der Waals surface area contributed by atoms with Gasteiger partial charge in [0.15, 0.2) is 0 Å². The van der Waals surface area contributed by atoms with Gasteiger partial charge in [-0.15, -0.1) is 0 Å². The van der Waals surface area contributed by atoms with Gasteiger partial charge in [0.25, 0.3) is 0 Å². The van der Waals surface area contributed by atoms with Crippen molar-refractivity contribution in [3.63, 3.8) is 0 Å². The van der Waals surface area contributed by atoms with Gasteiger partial charge >= 0.3 is 0 Å². The average Bonchev–Trinajstić information content (AvgIpc) is 2.99. The second-order valence-corrected chi connectivity index (χ2v) is 4.93. The van der Waals surface area contributed by atoms with Gasteiger partial charge in [-0.05, 0) is 31.2 Å². The van der Waals surface area contributed by atoms with E-state index in [2.05, 4.69) is 29.9 Å². The molecule has 1 aliphatic heterocycles. The Labute approximate surface area is 120 Å². The van der Waals surface area contributed by atoms with E-state index in [-0.39, 0.29) is 6.61 Å². The van der Waals surface area contributed by atoms with Crippen LogP contribution in [0.15, 0.2) is 18.2 Å². The number of hydrogen-bond donors (Lipinski definition) is 1. The number of ether oxygens (including phenoxy) is 2. The van der Waals surface area contributed by atoms with Crippen molar-refractivity contribution < 1.29 is 14.6 Å². The standard InChI is InChI=1S/C16H21NO3/c1-17(15-7-9-20-12-15)11-13-5-6-16(19-2)14(10-13)4-3-8-18/h5-6,10,15,18H,7-9,11-12H2,1-2H3. The molecule has 1 fully saturated rings. The Morgan fingerprint density at radius 1 is 1.50 bits per heavy atom. The third kappa shape index (κ3) is 3.73. The summed E-state index contributed by atoms with van der Waals surface area (Å²) in [7, 11) is 3.74. The second kappa shape index (κ2) is 7.30. The normalized spacial score (nSPS) is 17.9. The molecular weight excluding hydrogens is 254 g/mol. The highest BCUT2D eigenvalue weighted by Crippen LogP contribution is 2.21. The number of aliphatic hydroxyl groups is 1. The molecule has 2 rings (SSSR count). The predicted octanol–water partition coefficient (Wildman–Crippen LogP) is 1.26. The molecule has 1 saturated heterocycles. The number of hydrogen-bond acceptors (Lipinski definition) is 4. The number of likely N-dealkylation sites (N-methyl/N-ethyl adjacent to an activating group) is 1. The molecule has 0 saturated carbocycles. The lowest BCUT2D eigenvalue weighted by atomic mass is 10.1. The number of aliphatic hydroxyl groups excluding tert-OH is 1. The number of nitrogens with zero attached hydrogens (tertiary/aromatic N) is 1. The first-order valence-electron chi connectivity index (χ1n) is 6.79. The fraction of sp³-hybridized carbons (Fsp3) is 0.500. The Balaban J connectivity index is 2.11. The topological polar surface area (TPSA) is 41.9 Å². The van der Waals surface area contributed by atoms with Crippen molar-refractivity contribution in [1.82, 2.24) is 4.90 Å². The highest BCUT2D eigenvalue weighted by Gasteiger charge is 2.20. The van der Waals surface area contributed by atoms with Gasteiger partial charge in [-0.1, -0.05) is 17.9 Å². The van der Waals surface area contributed by atoms with Crippen molar-refractivity contribution in [2.24, 2.45) is 0 Å². The van der Waals surface area contributed by atoms with Gasteiger partial charge < -0.3 is 14.6 Å². The third-order valence-electron chi connectivity index (χ3n) is 3.53. The smallest absolute Gasteiger partial charge is 0.134 e. The molecule has 0 radical (unpaired) electrons. The summed E-state index contributed by atoms with van der Waals surface area (Å²) in [6.07, 6.45) is 1.09. The lowest BCUT2D eigenvalue weighted by molar-refractivity contribution is 0.156. The van der Waals surface area contributed by atoms with E-state index in [9.17, 15) is 0 Å². The minimum atomic E-state index is -0.146. The second-order valence-electron chi connectivity index (χ2n) is 4.93. The lowest BCUT2D eigenvalue weighted by Crippen LogP contribution is -2.31. The summed E-state index contributed by atoms with van der Waals surface area (Å²) in [4.78, 5) is 2.30. The molecule has 20 heavy (non-hydrogen) atoms. The van der Waals surface area contributed by atoms with Crippen molar-refractivity contribution in [1.29, 1.82) is 0 Å². The first-order chi connectivity index (χ1) is 9.74. The van der Waals surface area contributed by atoms with Crippen LogP contribution in [0.1, 0.15) is 17.5 Å². The van der Waals surface area contributed by atoms with Crippen LogP contribution >= 0.6 is 0 Å². The minimum Gasteiger partial charge on any atom is -0.495 e. The summed E-state index contributed by atoms with van der Waals surface area (Å²) in [6.45, 7) is 2.37. The molecule has 1 unspecified atom stereocenters. The van der Waals surface area contributed by atoms with E-state index in [1.54, 1.807) is 7.11 Å². The molecule has 1 aliphatic rings. The van der Waals surface area contributed by atoms with Gasteiger partial charge in [-0.3, -0.25) is 4.90 Å². The highest BCUT2D eigenvalue weighted by molar-refractivity contribution is 5.48. The third-order valence-corrected chi connectivity index (χ3v) is 3.53. The zero-order chi connectivity index (χ0) is 14.4. The molecule has 1 heterocycles. The SMILES string of the molecule is COc1ccc(CN(C)C2CCOC2)cc1C#CCO. The number of methoxy groups -OCH3 is 1. The van der Waals surface area contributed by atoms with Crippen molar-refractivity contribution in [2.75, 3.05) is 34.0 Å². The summed E-state index contributed by atoms with van der Waals surface area (Å²) in [6, 6.07) is 6.49. The fourth-order valence-electron chi connectivity index (χ4n) is 2.37. The number of rotatable bonds is 4. The molecule has 0 aliphatic carbocycles. The zero-order valence-electron chi connectivity index (χ0n) is 12.1. The van der Waals surface area contributed by atoms with Crippen molar-refractivity contribution >= 4 is 0 Å². The maximum Gasteiger partial charge on any atom is 0.134 e. The fourth-order valence-corrected chi connectivity index (χ4v) is 2.37. The van der Waals surface area contributed by atoms with Crippen LogP contribution in [0.3, 0.4) is 0 Å². The minimum absolute atomic E-state index is 0.146. The molecule has 1 aromatic rings. The van der Waals surface area contributed by atoms with E-state index < -0.39 is 0 Å². The summed E-state index contributed by atoms with van der Waals surface area (Å²) < 4.78 is 10.7. The molecule has 0 amide bonds.